The lowest BCUT2D eigenvalue weighted by molar-refractivity contribution is -0.133. The van der Waals surface area contributed by atoms with E-state index in [1.54, 1.807) is 19.2 Å². The zero-order chi connectivity index (χ0) is 14.2. The van der Waals surface area contributed by atoms with Crippen molar-refractivity contribution < 1.29 is 14.6 Å². The van der Waals surface area contributed by atoms with E-state index in [2.05, 4.69) is 5.32 Å². The van der Waals surface area contributed by atoms with Crippen molar-refractivity contribution in [3.05, 3.63) is 59.7 Å². The third-order valence-electron chi connectivity index (χ3n) is 3.59. The van der Waals surface area contributed by atoms with Gasteiger partial charge < -0.3 is 15.2 Å². The molecule has 0 saturated heterocycles. The van der Waals surface area contributed by atoms with Gasteiger partial charge in [0.25, 0.3) is 5.91 Å². The molecule has 0 aliphatic carbocycles. The van der Waals surface area contributed by atoms with E-state index < -0.39 is 5.60 Å². The molecule has 102 valence electrons. The van der Waals surface area contributed by atoms with E-state index in [1.807, 2.05) is 36.4 Å². The predicted molar refractivity (Wildman–Crippen MR) is 75.7 cm³/mol. The second-order valence-electron chi connectivity index (χ2n) is 4.89. The van der Waals surface area contributed by atoms with Crippen LogP contribution in [0.1, 0.15) is 11.1 Å². The van der Waals surface area contributed by atoms with E-state index in [-0.39, 0.29) is 12.3 Å². The van der Waals surface area contributed by atoms with Crippen molar-refractivity contribution in [1.29, 1.82) is 0 Å². The van der Waals surface area contributed by atoms with Crippen LogP contribution in [-0.2, 0) is 16.8 Å². The van der Waals surface area contributed by atoms with Gasteiger partial charge in [0.05, 0.1) is 7.11 Å². The molecular formula is C16H15NO3. The fourth-order valence-corrected chi connectivity index (χ4v) is 2.55. The smallest absolute Gasteiger partial charge is 0.261 e. The summed E-state index contributed by atoms with van der Waals surface area (Å²) in [6, 6.07) is 14.6. The number of rotatable bonds is 3. The van der Waals surface area contributed by atoms with Crippen molar-refractivity contribution in [2.45, 2.75) is 12.0 Å². The molecule has 0 radical (unpaired) electrons. The quantitative estimate of drug-likeness (QED) is 0.897. The molecule has 20 heavy (non-hydrogen) atoms. The number of amides is 1. The average Bonchev–Trinajstić information content (AvgIpc) is 2.71. The molecule has 1 atom stereocenters. The molecular weight excluding hydrogens is 254 g/mol. The molecule has 2 aromatic carbocycles. The summed E-state index contributed by atoms with van der Waals surface area (Å²) in [5, 5.41) is 13.5. The van der Waals surface area contributed by atoms with Crippen molar-refractivity contribution in [3.63, 3.8) is 0 Å². The van der Waals surface area contributed by atoms with Gasteiger partial charge in [0.2, 0.25) is 0 Å². The first-order valence-electron chi connectivity index (χ1n) is 6.40. The maximum Gasteiger partial charge on any atom is 0.261 e. The van der Waals surface area contributed by atoms with Crippen molar-refractivity contribution in [2.75, 3.05) is 12.4 Å². The number of hydrogen-bond acceptors (Lipinski definition) is 3. The van der Waals surface area contributed by atoms with Crippen molar-refractivity contribution in [3.8, 4) is 5.75 Å². The van der Waals surface area contributed by atoms with Crippen molar-refractivity contribution in [2.24, 2.45) is 0 Å². The maximum absolute atomic E-state index is 12.1. The van der Waals surface area contributed by atoms with Gasteiger partial charge in [-0.2, -0.15) is 0 Å². The molecule has 4 nitrogen and oxygen atoms in total. The number of fused-ring (bicyclic) bond motifs is 1. The Bertz CT molecular complexity index is 668. The Morgan fingerprint density at radius 1 is 1.20 bits per heavy atom. The van der Waals surface area contributed by atoms with Crippen LogP contribution in [0.5, 0.6) is 5.75 Å². The Hall–Kier alpha value is -2.33. The molecule has 2 aromatic rings. The Balaban J connectivity index is 1.98. The molecule has 0 fully saturated rings. The van der Waals surface area contributed by atoms with Crippen molar-refractivity contribution in [1.82, 2.24) is 0 Å². The first-order valence-corrected chi connectivity index (χ1v) is 6.40. The van der Waals surface area contributed by atoms with Crippen LogP contribution in [0, 0.1) is 0 Å². The topological polar surface area (TPSA) is 58.6 Å². The first-order chi connectivity index (χ1) is 9.63. The number of anilines is 1. The Kier molecular flexibility index (Phi) is 2.95. The molecule has 1 amide bonds. The van der Waals surface area contributed by atoms with E-state index in [0.717, 1.165) is 5.56 Å². The maximum atomic E-state index is 12.1. The number of aliphatic hydroxyl groups is 1. The number of ether oxygens (including phenoxy) is 1. The Labute approximate surface area is 117 Å². The van der Waals surface area contributed by atoms with Gasteiger partial charge >= 0.3 is 0 Å². The van der Waals surface area contributed by atoms with Crippen LogP contribution in [0.25, 0.3) is 0 Å². The van der Waals surface area contributed by atoms with Crippen molar-refractivity contribution >= 4 is 11.6 Å². The number of hydrogen-bond donors (Lipinski definition) is 2. The lowest BCUT2D eigenvalue weighted by Gasteiger charge is -2.21. The molecule has 1 aliphatic rings. The summed E-state index contributed by atoms with van der Waals surface area (Å²) in [5.74, 6) is 0.319. The van der Waals surface area contributed by atoms with Gasteiger partial charge in [-0.15, -0.1) is 0 Å². The minimum Gasteiger partial charge on any atom is -0.497 e. The zero-order valence-corrected chi connectivity index (χ0v) is 11.1. The minimum atomic E-state index is -1.52. The number of nitrogens with one attached hydrogen (secondary N) is 1. The molecule has 3 rings (SSSR count). The van der Waals surface area contributed by atoms with E-state index in [9.17, 15) is 9.90 Å². The number of para-hydroxylation sites is 1. The monoisotopic (exact) mass is 269 g/mol. The van der Waals surface area contributed by atoms with Gasteiger partial charge in [-0.25, -0.2) is 0 Å². The lowest BCUT2D eigenvalue weighted by Crippen LogP contribution is -2.36. The standard InChI is InChI=1S/C16H15NO3/c1-20-12-6-4-5-11(9-12)10-16(19)13-7-2-3-8-14(13)17-15(16)18/h2-9,19H,10H2,1H3,(H,17,18)/t16-/m0/s1. The minimum absolute atomic E-state index is 0.215. The van der Waals surface area contributed by atoms with Gasteiger partial charge in [0.1, 0.15) is 5.75 Å². The lowest BCUT2D eigenvalue weighted by atomic mass is 9.88. The summed E-state index contributed by atoms with van der Waals surface area (Å²) in [6.07, 6.45) is 0.215. The zero-order valence-electron chi connectivity index (χ0n) is 11.1. The molecule has 1 aliphatic heterocycles. The summed E-state index contributed by atoms with van der Waals surface area (Å²) in [5.41, 5.74) is 0.609. The molecule has 0 spiro atoms. The van der Waals surface area contributed by atoms with Crippen LogP contribution in [-0.4, -0.2) is 18.1 Å². The number of benzene rings is 2. The first kappa shape index (κ1) is 12.7. The molecule has 0 saturated carbocycles. The molecule has 2 N–H and O–H groups in total. The van der Waals surface area contributed by atoms with Gasteiger partial charge in [0, 0.05) is 17.7 Å². The van der Waals surface area contributed by atoms with Crippen LogP contribution in [0.2, 0.25) is 0 Å². The van der Waals surface area contributed by atoms with Gasteiger partial charge in [-0.3, -0.25) is 4.79 Å². The number of methoxy groups -OCH3 is 1. The van der Waals surface area contributed by atoms with Crippen LogP contribution >= 0.6 is 0 Å². The largest absolute Gasteiger partial charge is 0.497 e. The van der Waals surface area contributed by atoms with E-state index >= 15 is 0 Å². The molecule has 1 heterocycles. The molecule has 4 heteroatoms. The van der Waals surface area contributed by atoms with E-state index in [1.165, 1.54) is 0 Å². The summed E-state index contributed by atoms with van der Waals surface area (Å²) in [4.78, 5) is 12.1. The number of carbonyl (C=O) groups excluding carboxylic acids is 1. The summed E-state index contributed by atoms with van der Waals surface area (Å²) in [6.45, 7) is 0. The fourth-order valence-electron chi connectivity index (χ4n) is 2.55. The van der Waals surface area contributed by atoms with Gasteiger partial charge in [-0.1, -0.05) is 30.3 Å². The summed E-state index contributed by atoms with van der Waals surface area (Å²) in [7, 11) is 1.59. The summed E-state index contributed by atoms with van der Waals surface area (Å²) < 4.78 is 5.17. The Morgan fingerprint density at radius 3 is 2.80 bits per heavy atom. The second kappa shape index (κ2) is 4.65. The van der Waals surface area contributed by atoms with Gasteiger partial charge in [0.15, 0.2) is 5.60 Å². The van der Waals surface area contributed by atoms with Crippen LogP contribution in [0.4, 0.5) is 5.69 Å². The normalized spacial score (nSPS) is 20.4. The highest BCUT2D eigenvalue weighted by molar-refractivity contribution is 6.05. The number of carbonyl (C=O) groups is 1. The highest BCUT2D eigenvalue weighted by atomic mass is 16.5. The van der Waals surface area contributed by atoms with E-state index in [0.29, 0.717) is 17.0 Å². The fraction of sp³-hybridized carbons (Fsp3) is 0.188. The molecule has 0 aromatic heterocycles. The summed E-state index contributed by atoms with van der Waals surface area (Å²) >= 11 is 0. The highest BCUT2D eigenvalue weighted by Gasteiger charge is 2.44. The van der Waals surface area contributed by atoms with Crippen LogP contribution in [0.15, 0.2) is 48.5 Å². The molecule has 0 bridgehead atoms. The van der Waals surface area contributed by atoms with Crippen LogP contribution < -0.4 is 10.1 Å². The van der Waals surface area contributed by atoms with Crippen LogP contribution in [0.3, 0.4) is 0 Å². The SMILES string of the molecule is COc1cccc(C[C@@]2(O)C(=O)Nc3ccccc32)c1. The van der Waals surface area contributed by atoms with Gasteiger partial charge in [-0.05, 0) is 23.8 Å². The van der Waals surface area contributed by atoms with E-state index in [4.69, 9.17) is 4.74 Å². The Morgan fingerprint density at radius 2 is 2.00 bits per heavy atom. The predicted octanol–water partition coefficient (Wildman–Crippen LogP) is 2.08. The third-order valence-corrected chi connectivity index (χ3v) is 3.59. The average molecular weight is 269 g/mol. The highest BCUT2D eigenvalue weighted by Crippen LogP contribution is 2.38. The second-order valence-corrected chi connectivity index (χ2v) is 4.89. The third kappa shape index (κ3) is 1.94. The molecule has 0 unspecified atom stereocenters.